The lowest BCUT2D eigenvalue weighted by molar-refractivity contribution is -0.336. The average molecular weight is 366 g/mol. The second-order valence-corrected chi connectivity index (χ2v) is 8.33. The molecule has 3 fully saturated rings. The lowest BCUT2D eigenvalue weighted by Gasteiger charge is -2.70. The molecule has 0 saturated heterocycles. The van der Waals surface area contributed by atoms with E-state index in [-0.39, 0.29) is 24.9 Å². The molecule has 3 aliphatic rings. The Morgan fingerprint density at radius 3 is 2.29 bits per heavy atom. The van der Waals surface area contributed by atoms with Gasteiger partial charge in [-0.2, -0.15) is 13.2 Å². The molecule has 1 aromatic rings. The lowest BCUT2D eigenvalue weighted by Crippen LogP contribution is -2.78. The van der Waals surface area contributed by atoms with Crippen molar-refractivity contribution < 1.29 is 30.8 Å². The monoisotopic (exact) mass is 366 g/mol. The molecule has 2 N–H and O–H groups in total. The zero-order valence-electron chi connectivity index (χ0n) is 12.5. The molecule has 2 bridgehead atoms. The Morgan fingerprint density at radius 2 is 1.79 bits per heavy atom. The third kappa shape index (κ3) is 2.62. The van der Waals surface area contributed by atoms with Gasteiger partial charge < -0.3 is 5.32 Å². The lowest BCUT2D eigenvalue weighted by atomic mass is 9.39. The summed E-state index contributed by atoms with van der Waals surface area (Å²) >= 11 is 0. The highest BCUT2D eigenvalue weighted by atomic mass is 32.2. The summed E-state index contributed by atoms with van der Waals surface area (Å²) in [5, 5.41) is 2.43. The van der Waals surface area contributed by atoms with Gasteiger partial charge in [-0.3, -0.25) is 9.52 Å². The number of hydrogen-bond donors (Lipinski definition) is 2. The van der Waals surface area contributed by atoms with Crippen LogP contribution in [-0.2, 0) is 10.0 Å². The summed E-state index contributed by atoms with van der Waals surface area (Å²) in [7, 11) is -3.75. The Balaban J connectivity index is 1.78. The van der Waals surface area contributed by atoms with E-state index in [0.29, 0.717) is 0 Å². The number of amides is 1. The number of carbonyl (C=O) groups is 1. The van der Waals surface area contributed by atoms with Crippen molar-refractivity contribution in [2.45, 2.75) is 31.0 Å². The van der Waals surface area contributed by atoms with E-state index in [1.165, 1.54) is 12.1 Å². The minimum Gasteiger partial charge on any atom is -0.346 e. The molecule has 0 aliphatic heterocycles. The summed E-state index contributed by atoms with van der Waals surface area (Å²) < 4.78 is 77.1. The van der Waals surface area contributed by atoms with Gasteiger partial charge in [-0.15, -0.1) is 0 Å². The standard InChI is InChI=1S/C14H14F4N2O3S/c1-24(22,23)20-9-4-2-3-8(15)10(9)11(21)19-13-5-12(6-13,7-13)14(16,17)18/h2-4,20H,5-7H2,1H3,(H,19,21). The average Bonchev–Trinajstić information content (AvgIpc) is 2.28. The van der Waals surface area contributed by atoms with Gasteiger partial charge in [0.2, 0.25) is 10.0 Å². The van der Waals surface area contributed by atoms with E-state index in [1.807, 2.05) is 4.72 Å². The first-order chi connectivity index (χ1) is 10.9. The van der Waals surface area contributed by atoms with Gasteiger partial charge in [0.25, 0.3) is 5.91 Å². The highest BCUT2D eigenvalue weighted by Crippen LogP contribution is 2.73. The van der Waals surface area contributed by atoms with Crippen LogP contribution >= 0.6 is 0 Å². The quantitative estimate of drug-likeness (QED) is 0.804. The van der Waals surface area contributed by atoms with Gasteiger partial charge in [0.15, 0.2) is 0 Å². The van der Waals surface area contributed by atoms with Crippen molar-refractivity contribution in [3.05, 3.63) is 29.6 Å². The number of carbonyl (C=O) groups excluding carboxylic acids is 1. The SMILES string of the molecule is CS(=O)(=O)Nc1cccc(F)c1C(=O)NC12CC(C(F)(F)F)(C1)C2. The van der Waals surface area contributed by atoms with Crippen molar-refractivity contribution >= 4 is 21.6 Å². The molecule has 4 rings (SSSR count). The zero-order valence-corrected chi connectivity index (χ0v) is 13.3. The fourth-order valence-corrected chi connectivity index (χ4v) is 4.13. The van der Waals surface area contributed by atoms with Crippen molar-refractivity contribution in [2.24, 2.45) is 5.41 Å². The van der Waals surface area contributed by atoms with Gasteiger partial charge in [-0.25, -0.2) is 12.8 Å². The van der Waals surface area contributed by atoms with Gasteiger partial charge in [0, 0.05) is 5.54 Å². The molecule has 1 amide bonds. The van der Waals surface area contributed by atoms with Gasteiger partial charge in [-0.1, -0.05) is 6.07 Å². The van der Waals surface area contributed by atoms with Gasteiger partial charge in [0.1, 0.15) is 5.82 Å². The van der Waals surface area contributed by atoms with Crippen molar-refractivity contribution in [2.75, 3.05) is 11.0 Å². The van der Waals surface area contributed by atoms with Crippen LogP contribution in [0.1, 0.15) is 29.6 Å². The summed E-state index contributed by atoms with van der Waals surface area (Å²) in [6, 6.07) is 3.40. The fraction of sp³-hybridized carbons (Fsp3) is 0.500. The van der Waals surface area contributed by atoms with Crippen molar-refractivity contribution in [3.63, 3.8) is 0 Å². The molecule has 10 heteroatoms. The topological polar surface area (TPSA) is 75.3 Å². The third-order valence-corrected chi connectivity index (χ3v) is 5.14. The van der Waals surface area contributed by atoms with E-state index < -0.39 is 44.4 Å². The number of anilines is 1. The Hall–Kier alpha value is -1.84. The third-order valence-electron chi connectivity index (χ3n) is 4.55. The normalized spacial score (nSPS) is 28.5. The Morgan fingerprint density at radius 1 is 1.21 bits per heavy atom. The van der Waals surface area contributed by atoms with Crippen LogP contribution in [0.2, 0.25) is 0 Å². The van der Waals surface area contributed by atoms with Crippen LogP contribution in [0.4, 0.5) is 23.2 Å². The fourth-order valence-electron chi connectivity index (χ4n) is 3.56. The molecule has 0 atom stereocenters. The van der Waals surface area contributed by atoms with Crippen LogP contribution in [0.15, 0.2) is 18.2 Å². The molecule has 0 unspecified atom stereocenters. The van der Waals surface area contributed by atoms with Crippen molar-refractivity contribution in [1.29, 1.82) is 0 Å². The highest BCUT2D eigenvalue weighted by Gasteiger charge is 2.79. The summed E-state index contributed by atoms with van der Waals surface area (Å²) in [5.41, 5.74) is -3.53. The first kappa shape index (κ1) is 17.0. The summed E-state index contributed by atoms with van der Waals surface area (Å²) in [4.78, 5) is 12.3. The van der Waals surface area contributed by atoms with E-state index in [0.717, 1.165) is 12.3 Å². The summed E-state index contributed by atoms with van der Waals surface area (Å²) in [6.45, 7) is 0. The number of hydrogen-bond acceptors (Lipinski definition) is 3. The summed E-state index contributed by atoms with van der Waals surface area (Å²) in [5.74, 6) is -1.90. The number of rotatable bonds is 4. The van der Waals surface area contributed by atoms with Gasteiger partial charge in [-0.05, 0) is 31.4 Å². The Bertz CT molecular complexity index is 800. The van der Waals surface area contributed by atoms with E-state index in [1.54, 1.807) is 0 Å². The molecule has 0 spiro atoms. The van der Waals surface area contributed by atoms with Crippen LogP contribution in [0.5, 0.6) is 0 Å². The Kier molecular flexibility index (Phi) is 3.43. The molecule has 24 heavy (non-hydrogen) atoms. The predicted octanol–water partition coefficient (Wildman–Crippen LogP) is 2.41. The second kappa shape index (κ2) is 4.84. The molecule has 0 radical (unpaired) electrons. The molecule has 0 aromatic heterocycles. The largest absolute Gasteiger partial charge is 0.394 e. The van der Waals surface area contributed by atoms with Crippen LogP contribution in [0.3, 0.4) is 0 Å². The second-order valence-electron chi connectivity index (χ2n) is 6.58. The predicted molar refractivity (Wildman–Crippen MR) is 77.4 cm³/mol. The Labute approximate surface area is 135 Å². The maximum Gasteiger partial charge on any atom is 0.394 e. The molecular weight excluding hydrogens is 352 g/mol. The van der Waals surface area contributed by atoms with Crippen molar-refractivity contribution in [1.82, 2.24) is 5.32 Å². The molecule has 132 valence electrons. The molecular formula is C14H14F4N2O3S. The minimum absolute atomic E-state index is 0.238. The number of alkyl halides is 3. The maximum atomic E-state index is 14.0. The molecule has 5 nitrogen and oxygen atoms in total. The maximum absolute atomic E-state index is 14.0. The number of halogens is 4. The van der Waals surface area contributed by atoms with Crippen LogP contribution in [-0.4, -0.2) is 32.3 Å². The number of benzene rings is 1. The molecule has 3 saturated carbocycles. The van der Waals surface area contributed by atoms with Crippen LogP contribution in [0.25, 0.3) is 0 Å². The summed E-state index contributed by atoms with van der Waals surface area (Å²) in [6.07, 6.45) is -4.19. The molecule has 3 aliphatic carbocycles. The first-order valence-electron chi connectivity index (χ1n) is 7.02. The van der Waals surface area contributed by atoms with Crippen LogP contribution < -0.4 is 10.0 Å². The van der Waals surface area contributed by atoms with E-state index in [2.05, 4.69) is 5.32 Å². The van der Waals surface area contributed by atoms with E-state index in [9.17, 15) is 30.8 Å². The van der Waals surface area contributed by atoms with Gasteiger partial charge >= 0.3 is 6.18 Å². The number of nitrogens with one attached hydrogen (secondary N) is 2. The van der Waals surface area contributed by atoms with E-state index in [4.69, 9.17) is 0 Å². The van der Waals surface area contributed by atoms with Gasteiger partial charge in [0.05, 0.1) is 22.9 Å². The zero-order chi connectivity index (χ0) is 18.0. The highest BCUT2D eigenvalue weighted by molar-refractivity contribution is 7.92. The smallest absolute Gasteiger partial charge is 0.346 e. The van der Waals surface area contributed by atoms with E-state index >= 15 is 0 Å². The van der Waals surface area contributed by atoms with Crippen LogP contribution in [0, 0.1) is 11.2 Å². The molecule has 0 heterocycles. The first-order valence-corrected chi connectivity index (χ1v) is 8.91. The molecule has 1 aromatic carbocycles. The number of sulfonamides is 1. The minimum atomic E-state index is -4.32. The van der Waals surface area contributed by atoms with Crippen molar-refractivity contribution in [3.8, 4) is 0 Å².